The molecule has 0 saturated carbocycles. The van der Waals surface area contributed by atoms with Crippen LogP contribution in [-0.4, -0.2) is 15.6 Å². The Hall–Kier alpha value is -2.62. The van der Waals surface area contributed by atoms with Crippen molar-refractivity contribution >= 4 is 16.9 Å². The van der Waals surface area contributed by atoms with Gasteiger partial charge in [-0.15, -0.1) is 0 Å². The van der Waals surface area contributed by atoms with Gasteiger partial charge in [-0.05, 0) is 42.3 Å². The van der Waals surface area contributed by atoms with E-state index < -0.39 is 5.97 Å². The molecular weight excluding hydrogens is 269 g/mol. The monoisotopic (exact) mass is 283 g/mol. The normalized spacial score (nSPS) is 11.0. The Morgan fingerprint density at radius 3 is 2.43 bits per heavy atom. The number of carboxylic acids is 1. The molecule has 0 saturated heterocycles. The summed E-state index contributed by atoms with van der Waals surface area (Å²) in [5.74, 6) is -1.23. The number of hydrogen-bond acceptors (Lipinski definition) is 1. The van der Waals surface area contributed by atoms with E-state index in [-0.39, 0.29) is 11.4 Å². The lowest BCUT2D eigenvalue weighted by Gasteiger charge is -2.04. The Labute approximate surface area is 121 Å². The van der Waals surface area contributed by atoms with Crippen molar-refractivity contribution in [2.45, 2.75) is 13.5 Å². The summed E-state index contributed by atoms with van der Waals surface area (Å²) in [5, 5.41) is 10.0. The molecule has 21 heavy (non-hydrogen) atoms. The maximum Gasteiger partial charge on any atom is 0.337 e. The molecular formula is C17H14FNO2. The van der Waals surface area contributed by atoms with Crippen LogP contribution in [0.2, 0.25) is 0 Å². The molecule has 3 nitrogen and oxygen atoms in total. The molecule has 2 aromatic carbocycles. The summed E-state index contributed by atoms with van der Waals surface area (Å²) in [5.41, 5.74) is 2.91. The van der Waals surface area contributed by atoms with Crippen molar-refractivity contribution in [3.63, 3.8) is 0 Å². The maximum atomic E-state index is 13.0. The number of aromatic nitrogens is 1. The van der Waals surface area contributed by atoms with Gasteiger partial charge < -0.3 is 9.67 Å². The Kier molecular flexibility index (Phi) is 3.22. The van der Waals surface area contributed by atoms with Gasteiger partial charge in [0.25, 0.3) is 0 Å². The zero-order valence-electron chi connectivity index (χ0n) is 11.5. The number of aryl methyl sites for hydroxylation is 1. The largest absolute Gasteiger partial charge is 0.478 e. The molecule has 0 spiro atoms. The predicted octanol–water partition coefficient (Wildman–Crippen LogP) is 4.17. The molecule has 3 aromatic rings. The molecule has 1 heterocycles. The first kappa shape index (κ1) is 13.4. The second-order valence-corrected chi connectivity index (χ2v) is 4.87. The third-order valence-corrected chi connectivity index (χ3v) is 3.63. The fourth-order valence-electron chi connectivity index (χ4n) is 2.55. The van der Waals surface area contributed by atoms with E-state index in [1.54, 1.807) is 18.3 Å². The second-order valence-electron chi connectivity index (χ2n) is 4.87. The molecule has 3 rings (SSSR count). The van der Waals surface area contributed by atoms with Gasteiger partial charge >= 0.3 is 5.97 Å². The summed E-state index contributed by atoms with van der Waals surface area (Å²) < 4.78 is 14.9. The van der Waals surface area contributed by atoms with Gasteiger partial charge in [-0.3, -0.25) is 0 Å². The van der Waals surface area contributed by atoms with Crippen LogP contribution in [0.25, 0.3) is 22.0 Å². The minimum Gasteiger partial charge on any atom is -0.478 e. The van der Waals surface area contributed by atoms with Crippen LogP contribution in [0.5, 0.6) is 0 Å². The zero-order chi connectivity index (χ0) is 15.0. The van der Waals surface area contributed by atoms with Crippen LogP contribution in [0.3, 0.4) is 0 Å². The van der Waals surface area contributed by atoms with E-state index in [0.717, 1.165) is 16.6 Å². The van der Waals surface area contributed by atoms with Gasteiger partial charge in [0.1, 0.15) is 5.82 Å². The van der Waals surface area contributed by atoms with Gasteiger partial charge in [0.2, 0.25) is 0 Å². The van der Waals surface area contributed by atoms with Gasteiger partial charge in [0.05, 0.1) is 5.56 Å². The number of halogens is 1. The Balaban J connectivity index is 2.21. The number of fused-ring (bicyclic) bond motifs is 1. The zero-order valence-corrected chi connectivity index (χ0v) is 11.5. The molecule has 0 aliphatic heterocycles. The van der Waals surface area contributed by atoms with E-state index in [1.165, 1.54) is 12.1 Å². The molecule has 0 fully saturated rings. The molecule has 0 amide bonds. The Bertz CT molecular complexity index is 819. The highest BCUT2D eigenvalue weighted by Gasteiger charge is 2.14. The van der Waals surface area contributed by atoms with Crippen molar-refractivity contribution in [2.24, 2.45) is 0 Å². The third kappa shape index (κ3) is 2.29. The van der Waals surface area contributed by atoms with Crippen LogP contribution in [0.15, 0.2) is 48.7 Å². The summed E-state index contributed by atoms with van der Waals surface area (Å²) in [6, 6.07) is 11.8. The summed E-state index contributed by atoms with van der Waals surface area (Å²) in [7, 11) is 0. The van der Waals surface area contributed by atoms with E-state index in [9.17, 15) is 14.3 Å². The molecule has 0 unspecified atom stereocenters. The molecule has 1 N–H and O–H groups in total. The van der Waals surface area contributed by atoms with Crippen molar-refractivity contribution in [3.8, 4) is 11.1 Å². The van der Waals surface area contributed by atoms with E-state index in [0.29, 0.717) is 11.9 Å². The first-order valence-corrected chi connectivity index (χ1v) is 6.72. The fraction of sp³-hybridized carbons (Fsp3) is 0.118. The summed E-state index contributed by atoms with van der Waals surface area (Å²) >= 11 is 0. The third-order valence-electron chi connectivity index (χ3n) is 3.63. The summed E-state index contributed by atoms with van der Waals surface area (Å²) in [4.78, 5) is 11.4. The average molecular weight is 283 g/mol. The van der Waals surface area contributed by atoms with Crippen LogP contribution < -0.4 is 0 Å². The first-order valence-electron chi connectivity index (χ1n) is 6.72. The van der Waals surface area contributed by atoms with Gasteiger partial charge in [0, 0.05) is 23.6 Å². The molecule has 0 atom stereocenters. The topological polar surface area (TPSA) is 42.2 Å². The van der Waals surface area contributed by atoms with Crippen molar-refractivity contribution in [3.05, 3.63) is 60.0 Å². The predicted molar refractivity (Wildman–Crippen MR) is 80.0 cm³/mol. The van der Waals surface area contributed by atoms with Crippen molar-refractivity contribution in [1.82, 2.24) is 4.57 Å². The quantitative estimate of drug-likeness (QED) is 0.784. The minimum absolute atomic E-state index is 0.288. The average Bonchev–Trinajstić information content (AvgIpc) is 2.86. The van der Waals surface area contributed by atoms with Crippen LogP contribution in [-0.2, 0) is 6.54 Å². The maximum absolute atomic E-state index is 13.0. The highest BCUT2D eigenvalue weighted by Crippen LogP contribution is 2.28. The van der Waals surface area contributed by atoms with Gasteiger partial charge in [-0.2, -0.15) is 0 Å². The molecule has 106 valence electrons. The number of rotatable bonds is 3. The number of carboxylic acid groups (broad SMARTS) is 1. The lowest BCUT2D eigenvalue weighted by Crippen LogP contribution is -1.94. The lowest BCUT2D eigenvalue weighted by atomic mass is 10.0. The molecule has 0 aliphatic rings. The number of nitrogens with zero attached hydrogens (tertiary/aromatic N) is 1. The van der Waals surface area contributed by atoms with E-state index in [4.69, 9.17) is 0 Å². The number of carbonyl (C=O) groups is 1. The fourth-order valence-corrected chi connectivity index (χ4v) is 2.55. The van der Waals surface area contributed by atoms with E-state index >= 15 is 0 Å². The van der Waals surface area contributed by atoms with Crippen LogP contribution in [0.1, 0.15) is 17.3 Å². The Morgan fingerprint density at radius 2 is 1.81 bits per heavy atom. The van der Waals surface area contributed by atoms with Crippen molar-refractivity contribution in [2.75, 3.05) is 0 Å². The number of aromatic carboxylic acids is 1. The van der Waals surface area contributed by atoms with Gasteiger partial charge in [-0.1, -0.05) is 18.2 Å². The van der Waals surface area contributed by atoms with Gasteiger partial charge in [0.15, 0.2) is 0 Å². The molecule has 0 bridgehead atoms. The number of benzene rings is 2. The van der Waals surface area contributed by atoms with Crippen LogP contribution >= 0.6 is 0 Å². The van der Waals surface area contributed by atoms with E-state index in [2.05, 4.69) is 0 Å². The minimum atomic E-state index is -0.941. The SMILES string of the molecule is CCn1cc(C(=O)O)c2cc(-c3ccc(F)cc3)ccc21. The molecule has 0 radical (unpaired) electrons. The van der Waals surface area contributed by atoms with E-state index in [1.807, 2.05) is 29.7 Å². The highest BCUT2D eigenvalue weighted by atomic mass is 19.1. The second kappa shape index (κ2) is 5.05. The van der Waals surface area contributed by atoms with Crippen molar-refractivity contribution < 1.29 is 14.3 Å². The molecule has 1 aromatic heterocycles. The summed E-state index contributed by atoms with van der Waals surface area (Å²) in [6.07, 6.45) is 1.65. The lowest BCUT2D eigenvalue weighted by molar-refractivity contribution is 0.0699. The van der Waals surface area contributed by atoms with Crippen LogP contribution in [0.4, 0.5) is 4.39 Å². The van der Waals surface area contributed by atoms with Crippen LogP contribution in [0, 0.1) is 5.82 Å². The van der Waals surface area contributed by atoms with Gasteiger partial charge in [-0.25, -0.2) is 9.18 Å². The number of hydrogen-bond donors (Lipinski definition) is 1. The molecule has 0 aliphatic carbocycles. The smallest absolute Gasteiger partial charge is 0.337 e. The highest BCUT2D eigenvalue weighted by molar-refractivity contribution is 6.04. The standard InChI is InChI=1S/C17H14FNO2/c1-2-19-10-15(17(20)21)14-9-12(5-8-16(14)19)11-3-6-13(18)7-4-11/h3-10H,2H2,1H3,(H,20,21). The first-order chi connectivity index (χ1) is 10.1. The summed E-state index contributed by atoms with van der Waals surface area (Å²) in [6.45, 7) is 2.68. The van der Waals surface area contributed by atoms with Crippen molar-refractivity contribution in [1.29, 1.82) is 0 Å². The Morgan fingerprint density at radius 1 is 1.14 bits per heavy atom. The molecule has 4 heteroatoms.